The van der Waals surface area contributed by atoms with Crippen molar-refractivity contribution in [2.24, 2.45) is 5.73 Å². The second-order valence-corrected chi connectivity index (χ2v) is 5.41. The molecule has 0 unspecified atom stereocenters. The number of hydrogen-bond donors (Lipinski definition) is 3. The molecule has 0 fully saturated rings. The van der Waals surface area contributed by atoms with Crippen LogP contribution in [0.25, 0.3) is 0 Å². The molecule has 21 heavy (non-hydrogen) atoms. The minimum atomic E-state index is -0.648. The first kappa shape index (κ1) is 15.2. The van der Waals surface area contributed by atoms with Gasteiger partial charge in [-0.2, -0.15) is 0 Å². The topological polar surface area (TPSA) is 75.4 Å². The summed E-state index contributed by atoms with van der Waals surface area (Å²) in [5.74, 6) is -1.19. The molecular weight excluding hydrogens is 291 g/mol. The summed E-state index contributed by atoms with van der Waals surface area (Å²) in [7, 11) is 0. The average molecular weight is 306 g/mol. The van der Waals surface area contributed by atoms with E-state index in [2.05, 4.69) is 5.32 Å². The van der Waals surface area contributed by atoms with Crippen molar-refractivity contribution in [2.45, 2.75) is 11.4 Å². The number of anilines is 1. The highest BCUT2D eigenvalue weighted by Crippen LogP contribution is 2.27. The van der Waals surface area contributed by atoms with Crippen LogP contribution in [0.4, 0.5) is 10.1 Å². The number of aromatic hydroxyl groups is 1. The van der Waals surface area contributed by atoms with Gasteiger partial charge in [0.05, 0.1) is 5.75 Å². The van der Waals surface area contributed by atoms with E-state index in [0.29, 0.717) is 12.1 Å². The van der Waals surface area contributed by atoms with E-state index >= 15 is 0 Å². The van der Waals surface area contributed by atoms with Gasteiger partial charge in [0.1, 0.15) is 0 Å². The van der Waals surface area contributed by atoms with Gasteiger partial charge in [-0.25, -0.2) is 4.39 Å². The molecule has 0 atom stereocenters. The van der Waals surface area contributed by atoms with E-state index in [4.69, 9.17) is 10.8 Å². The van der Waals surface area contributed by atoms with Crippen molar-refractivity contribution in [3.63, 3.8) is 0 Å². The number of nitrogens with two attached hydrogens (primary N) is 1. The van der Waals surface area contributed by atoms with Gasteiger partial charge < -0.3 is 16.2 Å². The van der Waals surface area contributed by atoms with E-state index in [-0.39, 0.29) is 17.4 Å². The second-order valence-electron chi connectivity index (χ2n) is 4.39. The number of carbonyl (C=O) groups excluding carboxylic acids is 1. The monoisotopic (exact) mass is 306 g/mol. The van der Waals surface area contributed by atoms with Gasteiger partial charge in [-0.3, -0.25) is 4.79 Å². The Morgan fingerprint density at radius 3 is 2.76 bits per heavy atom. The zero-order valence-corrected chi connectivity index (χ0v) is 12.0. The molecule has 4 nitrogen and oxygen atoms in total. The first-order valence-corrected chi connectivity index (χ1v) is 7.26. The van der Waals surface area contributed by atoms with E-state index in [1.807, 2.05) is 24.3 Å². The van der Waals surface area contributed by atoms with Gasteiger partial charge >= 0.3 is 0 Å². The number of rotatable bonds is 6. The molecular formula is C15H15FN2O2S. The van der Waals surface area contributed by atoms with Crippen LogP contribution in [0.3, 0.4) is 0 Å². The third-order valence-electron chi connectivity index (χ3n) is 2.75. The Morgan fingerprint density at radius 2 is 2.05 bits per heavy atom. The van der Waals surface area contributed by atoms with Crippen LogP contribution in [0.5, 0.6) is 5.75 Å². The second kappa shape index (κ2) is 6.99. The Morgan fingerprint density at radius 1 is 1.29 bits per heavy atom. The number of hydrogen-bond acceptors (Lipinski definition) is 4. The van der Waals surface area contributed by atoms with Crippen molar-refractivity contribution < 1.29 is 14.3 Å². The highest BCUT2D eigenvalue weighted by molar-refractivity contribution is 8.00. The van der Waals surface area contributed by atoms with Gasteiger partial charge in [-0.1, -0.05) is 18.2 Å². The van der Waals surface area contributed by atoms with Crippen molar-refractivity contribution >= 4 is 23.4 Å². The number of phenols is 1. The number of primary amides is 1. The Balaban J connectivity index is 2.05. The van der Waals surface area contributed by atoms with Gasteiger partial charge in [0, 0.05) is 17.1 Å². The van der Waals surface area contributed by atoms with Crippen LogP contribution >= 0.6 is 11.8 Å². The molecule has 6 heteroatoms. The van der Waals surface area contributed by atoms with E-state index in [0.717, 1.165) is 10.6 Å². The molecule has 0 spiro atoms. The third-order valence-corrected chi connectivity index (χ3v) is 3.85. The third kappa shape index (κ3) is 4.39. The van der Waals surface area contributed by atoms with Gasteiger partial charge in [-0.05, 0) is 29.8 Å². The quantitative estimate of drug-likeness (QED) is 0.717. The zero-order chi connectivity index (χ0) is 15.2. The lowest BCUT2D eigenvalue weighted by atomic mass is 10.2. The van der Waals surface area contributed by atoms with Gasteiger partial charge in [-0.15, -0.1) is 11.8 Å². The number of nitrogens with one attached hydrogen (secondary N) is 1. The predicted octanol–water partition coefficient (Wildman–Crippen LogP) is 2.72. The van der Waals surface area contributed by atoms with Crippen molar-refractivity contribution in [3.05, 3.63) is 53.8 Å². The van der Waals surface area contributed by atoms with Crippen LogP contribution in [0.15, 0.2) is 47.4 Å². The van der Waals surface area contributed by atoms with Crippen LogP contribution in [0, 0.1) is 5.82 Å². The lowest BCUT2D eigenvalue weighted by molar-refractivity contribution is -0.115. The summed E-state index contributed by atoms with van der Waals surface area (Å²) in [5.41, 5.74) is 6.69. The summed E-state index contributed by atoms with van der Waals surface area (Å²) >= 11 is 1.34. The average Bonchev–Trinajstić information content (AvgIpc) is 2.47. The van der Waals surface area contributed by atoms with Crippen LogP contribution in [0.1, 0.15) is 5.56 Å². The largest absolute Gasteiger partial charge is 0.505 e. The molecule has 2 rings (SSSR count). The van der Waals surface area contributed by atoms with Crippen molar-refractivity contribution in [2.75, 3.05) is 11.1 Å². The van der Waals surface area contributed by atoms with Gasteiger partial charge in [0.25, 0.3) is 0 Å². The summed E-state index contributed by atoms with van der Waals surface area (Å²) < 4.78 is 13.3. The lowest BCUT2D eigenvalue weighted by Crippen LogP contribution is -2.13. The van der Waals surface area contributed by atoms with Crippen molar-refractivity contribution in [3.8, 4) is 5.75 Å². The van der Waals surface area contributed by atoms with Gasteiger partial charge in [0.2, 0.25) is 5.91 Å². The maximum atomic E-state index is 13.3. The highest BCUT2D eigenvalue weighted by Gasteiger charge is 2.05. The molecule has 2 aromatic carbocycles. The number of carbonyl (C=O) groups is 1. The fourth-order valence-corrected chi connectivity index (χ4v) is 2.51. The Bertz CT molecular complexity index is 649. The molecule has 1 amide bonds. The molecule has 0 aromatic heterocycles. The summed E-state index contributed by atoms with van der Waals surface area (Å²) in [6.07, 6.45) is 0. The Labute approximate surface area is 126 Å². The standard InChI is InChI=1S/C15H15FN2O2S/c16-11-7-10(5-6-13(11)19)8-18-12-3-1-2-4-14(12)21-9-15(17)20/h1-7,18-19H,8-9H2,(H2,17,20). The van der Waals surface area contributed by atoms with Crippen LogP contribution in [0.2, 0.25) is 0 Å². The molecule has 0 aliphatic rings. The molecule has 110 valence electrons. The Kier molecular flexibility index (Phi) is 5.05. The maximum absolute atomic E-state index is 13.3. The molecule has 2 aromatic rings. The number of benzene rings is 2. The van der Waals surface area contributed by atoms with Gasteiger partial charge in [0.15, 0.2) is 11.6 Å². The number of phenolic OH excluding ortho intramolecular Hbond substituents is 1. The van der Waals surface area contributed by atoms with E-state index in [1.54, 1.807) is 6.07 Å². The fourth-order valence-electron chi connectivity index (χ4n) is 1.75. The van der Waals surface area contributed by atoms with E-state index in [9.17, 15) is 9.18 Å². The first-order chi connectivity index (χ1) is 10.1. The lowest BCUT2D eigenvalue weighted by Gasteiger charge is -2.11. The first-order valence-electron chi connectivity index (χ1n) is 6.27. The molecule has 0 saturated heterocycles. The molecule has 4 N–H and O–H groups in total. The summed E-state index contributed by atoms with van der Waals surface area (Å²) in [4.78, 5) is 11.7. The Hall–Kier alpha value is -2.21. The number of halogens is 1. The minimum absolute atomic E-state index is 0.201. The maximum Gasteiger partial charge on any atom is 0.227 e. The number of thioether (sulfide) groups is 1. The predicted molar refractivity (Wildman–Crippen MR) is 81.8 cm³/mol. The zero-order valence-electron chi connectivity index (χ0n) is 11.2. The molecule has 0 aliphatic heterocycles. The van der Waals surface area contributed by atoms with Crippen LogP contribution < -0.4 is 11.1 Å². The van der Waals surface area contributed by atoms with Crippen molar-refractivity contribution in [1.82, 2.24) is 0 Å². The molecule has 0 saturated carbocycles. The minimum Gasteiger partial charge on any atom is -0.505 e. The highest BCUT2D eigenvalue weighted by atomic mass is 32.2. The van der Waals surface area contributed by atoms with Crippen LogP contribution in [-0.4, -0.2) is 16.8 Å². The van der Waals surface area contributed by atoms with Crippen LogP contribution in [-0.2, 0) is 11.3 Å². The number of para-hydroxylation sites is 1. The van der Waals surface area contributed by atoms with E-state index in [1.165, 1.54) is 23.9 Å². The SMILES string of the molecule is NC(=O)CSc1ccccc1NCc1ccc(O)c(F)c1. The molecule has 0 bridgehead atoms. The fraction of sp³-hybridized carbons (Fsp3) is 0.133. The normalized spacial score (nSPS) is 10.3. The van der Waals surface area contributed by atoms with Crippen molar-refractivity contribution in [1.29, 1.82) is 0 Å². The molecule has 0 radical (unpaired) electrons. The smallest absolute Gasteiger partial charge is 0.227 e. The molecule has 0 aliphatic carbocycles. The summed E-state index contributed by atoms with van der Waals surface area (Å²) in [6, 6.07) is 11.7. The number of amides is 1. The van der Waals surface area contributed by atoms with E-state index < -0.39 is 5.82 Å². The summed E-state index contributed by atoms with van der Waals surface area (Å²) in [5, 5.41) is 12.3. The molecule has 0 heterocycles. The summed E-state index contributed by atoms with van der Waals surface area (Å²) in [6.45, 7) is 0.408.